The van der Waals surface area contributed by atoms with Crippen LogP contribution in [0.4, 0.5) is 5.82 Å². The third kappa shape index (κ3) is 3.57. The molecule has 20 heavy (non-hydrogen) atoms. The number of carboxylic acids is 1. The highest BCUT2D eigenvalue weighted by Gasteiger charge is 2.10. The summed E-state index contributed by atoms with van der Waals surface area (Å²) in [6, 6.07) is 13.7. The largest absolute Gasteiger partial charge is 0.478 e. The van der Waals surface area contributed by atoms with Crippen molar-refractivity contribution < 1.29 is 9.90 Å². The molecule has 0 fully saturated rings. The minimum atomic E-state index is -0.945. The molecule has 0 saturated carbocycles. The van der Waals surface area contributed by atoms with Gasteiger partial charge in [0.2, 0.25) is 0 Å². The summed E-state index contributed by atoms with van der Waals surface area (Å²) in [5.41, 5.74) is 2.02. The summed E-state index contributed by atoms with van der Waals surface area (Å²) in [4.78, 5) is 15.2. The van der Waals surface area contributed by atoms with Gasteiger partial charge in [0.05, 0.1) is 11.3 Å². The van der Waals surface area contributed by atoms with Gasteiger partial charge in [0.15, 0.2) is 0 Å². The van der Waals surface area contributed by atoms with Crippen LogP contribution in [0.2, 0.25) is 0 Å². The maximum atomic E-state index is 10.9. The Balaban J connectivity index is 2.03. The van der Waals surface area contributed by atoms with E-state index in [1.54, 1.807) is 19.1 Å². The molecule has 0 aliphatic rings. The Morgan fingerprint density at radius 1 is 1.25 bits per heavy atom. The van der Waals surface area contributed by atoms with Gasteiger partial charge in [0.25, 0.3) is 0 Å². The number of hydrogen-bond acceptors (Lipinski definition) is 3. The van der Waals surface area contributed by atoms with Crippen molar-refractivity contribution in [3.8, 4) is 0 Å². The summed E-state index contributed by atoms with van der Waals surface area (Å²) in [6.07, 6.45) is 0.891. The van der Waals surface area contributed by atoms with E-state index < -0.39 is 5.97 Å². The lowest BCUT2D eigenvalue weighted by Gasteiger charge is -2.15. The maximum absolute atomic E-state index is 10.9. The highest BCUT2D eigenvalue weighted by Crippen LogP contribution is 2.13. The zero-order valence-corrected chi connectivity index (χ0v) is 11.6. The second kappa shape index (κ2) is 6.19. The van der Waals surface area contributed by atoms with Crippen molar-refractivity contribution in [2.24, 2.45) is 0 Å². The maximum Gasteiger partial charge on any atom is 0.337 e. The van der Waals surface area contributed by atoms with E-state index in [2.05, 4.69) is 29.4 Å². The molecule has 1 aromatic carbocycles. The van der Waals surface area contributed by atoms with Crippen molar-refractivity contribution in [2.45, 2.75) is 26.3 Å². The van der Waals surface area contributed by atoms with Gasteiger partial charge in [-0.2, -0.15) is 0 Å². The van der Waals surface area contributed by atoms with Crippen molar-refractivity contribution in [1.29, 1.82) is 0 Å². The lowest BCUT2D eigenvalue weighted by molar-refractivity contribution is 0.0695. The smallest absolute Gasteiger partial charge is 0.337 e. The van der Waals surface area contributed by atoms with Gasteiger partial charge in [0, 0.05) is 6.04 Å². The normalized spacial score (nSPS) is 11.9. The second-order valence-corrected chi connectivity index (χ2v) is 4.87. The standard InChI is InChI=1S/C16H18N2O2/c1-11(10-13-6-4-3-5-7-13)17-15-9-8-14(16(19)20)12(2)18-15/h3-9,11H,10H2,1-2H3,(H,17,18)(H,19,20). The number of rotatable bonds is 5. The lowest BCUT2D eigenvalue weighted by atomic mass is 10.1. The van der Waals surface area contributed by atoms with Crippen LogP contribution in [0.1, 0.15) is 28.5 Å². The van der Waals surface area contributed by atoms with Gasteiger partial charge in [0.1, 0.15) is 5.82 Å². The molecule has 1 heterocycles. The zero-order chi connectivity index (χ0) is 14.5. The number of carboxylic acid groups (broad SMARTS) is 1. The Hall–Kier alpha value is -2.36. The fourth-order valence-corrected chi connectivity index (χ4v) is 2.14. The number of aromatic nitrogens is 1. The van der Waals surface area contributed by atoms with E-state index in [9.17, 15) is 4.79 Å². The quantitative estimate of drug-likeness (QED) is 0.876. The Kier molecular flexibility index (Phi) is 4.35. The number of nitrogens with zero attached hydrogens (tertiary/aromatic N) is 1. The Bertz CT molecular complexity index is 597. The minimum Gasteiger partial charge on any atom is -0.478 e. The van der Waals surface area contributed by atoms with E-state index in [4.69, 9.17) is 5.11 Å². The van der Waals surface area contributed by atoms with Crippen LogP contribution in [0.25, 0.3) is 0 Å². The Labute approximate surface area is 118 Å². The van der Waals surface area contributed by atoms with Crippen LogP contribution in [0.5, 0.6) is 0 Å². The molecule has 0 amide bonds. The first-order valence-electron chi connectivity index (χ1n) is 6.57. The van der Waals surface area contributed by atoms with Gasteiger partial charge >= 0.3 is 5.97 Å². The van der Waals surface area contributed by atoms with Crippen LogP contribution < -0.4 is 5.32 Å². The van der Waals surface area contributed by atoms with Gasteiger partial charge in [-0.1, -0.05) is 30.3 Å². The number of nitrogens with one attached hydrogen (secondary N) is 1. The predicted molar refractivity (Wildman–Crippen MR) is 79.2 cm³/mol. The molecule has 1 aromatic heterocycles. The van der Waals surface area contributed by atoms with E-state index in [1.807, 2.05) is 18.2 Å². The van der Waals surface area contributed by atoms with Crippen molar-refractivity contribution >= 4 is 11.8 Å². The van der Waals surface area contributed by atoms with E-state index in [0.29, 0.717) is 11.5 Å². The van der Waals surface area contributed by atoms with Crippen molar-refractivity contribution in [2.75, 3.05) is 5.32 Å². The predicted octanol–water partition coefficient (Wildman–Crippen LogP) is 3.13. The first-order chi connectivity index (χ1) is 9.56. The number of hydrogen-bond donors (Lipinski definition) is 2. The van der Waals surface area contributed by atoms with Gasteiger partial charge in [-0.25, -0.2) is 9.78 Å². The molecular weight excluding hydrogens is 252 g/mol. The summed E-state index contributed by atoms with van der Waals surface area (Å²) >= 11 is 0. The molecule has 4 nitrogen and oxygen atoms in total. The van der Waals surface area contributed by atoms with Gasteiger partial charge in [-0.05, 0) is 38.0 Å². The molecule has 0 saturated heterocycles. The van der Waals surface area contributed by atoms with Crippen molar-refractivity contribution in [3.05, 3.63) is 59.3 Å². The molecule has 1 atom stereocenters. The third-order valence-corrected chi connectivity index (χ3v) is 3.10. The summed E-state index contributed by atoms with van der Waals surface area (Å²) in [5, 5.41) is 12.3. The molecular formula is C16H18N2O2. The molecule has 0 aliphatic carbocycles. The Morgan fingerprint density at radius 3 is 2.55 bits per heavy atom. The highest BCUT2D eigenvalue weighted by atomic mass is 16.4. The molecule has 4 heteroatoms. The topological polar surface area (TPSA) is 62.2 Å². The van der Waals surface area contributed by atoms with Crippen LogP contribution in [-0.4, -0.2) is 22.1 Å². The van der Waals surface area contributed by atoms with E-state index >= 15 is 0 Å². The fraction of sp³-hybridized carbons (Fsp3) is 0.250. The fourth-order valence-electron chi connectivity index (χ4n) is 2.14. The molecule has 104 valence electrons. The number of benzene rings is 1. The van der Waals surface area contributed by atoms with Gasteiger partial charge in [-0.15, -0.1) is 0 Å². The summed E-state index contributed by atoms with van der Waals surface area (Å²) < 4.78 is 0. The number of pyridine rings is 1. The van der Waals surface area contributed by atoms with E-state index in [-0.39, 0.29) is 11.6 Å². The average molecular weight is 270 g/mol. The van der Waals surface area contributed by atoms with Gasteiger partial charge in [-0.3, -0.25) is 0 Å². The summed E-state index contributed by atoms with van der Waals surface area (Å²) in [5.74, 6) is -0.241. The highest BCUT2D eigenvalue weighted by molar-refractivity contribution is 5.89. The van der Waals surface area contributed by atoms with E-state index in [1.165, 1.54) is 5.56 Å². The van der Waals surface area contributed by atoms with Crippen LogP contribution in [0, 0.1) is 6.92 Å². The molecule has 2 rings (SSSR count). The molecule has 1 unspecified atom stereocenters. The second-order valence-electron chi connectivity index (χ2n) is 4.87. The third-order valence-electron chi connectivity index (χ3n) is 3.10. The summed E-state index contributed by atoms with van der Waals surface area (Å²) in [7, 11) is 0. The number of anilines is 1. The SMILES string of the molecule is Cc1nc(NC(C)Cc2ccccc2)ccc1C(=O)O. The van der Waals surface area contributed by atoms with Crippen LogP contribution >= 0.6 is 0 Å². The van der Waals surface area contributed by atoms with Crippen LogP contribution in [-0.2, 0) is 6.42 Å². The number of aryl methyl sites for hydroxylation is 1. The molecule has 0 spiro atoms. The first-order valence-corrected chi connectivity index (χ1v) is 6.57. The van der Waals surface area contributed by atoms with Gasteiger partial charge < -0.3 is 10.4 Å². The lowest BCUT2D eigenvalue weighted by Crippen LogP contribution is -2.19. The summed E-state index contributed by atoms with van der Waals surface area (Å²) in [6.45, 7) is 3.78. The average Bonchev–Trinajstić information content (AvgIpc) is 2.39. The first kappa shape index (κ1) is 14.1. The van der Waals surface area contributed by atoms with Crippen LogP contribution in [0.15, 0.2) is 42.5 Å². The van der Waals surface area contributed by atoms with Crippen molar-refractivity contribution in [3.63, 3.8) is 0 Å². The van der Waals surface area contributed by atoms with Crippen molar-refractivity contribution in [1.82, 2.24) is 4.98 Å². The molecule has 0 aliphatic heterocycles. The Morgan fingerprint density at radius 2 is 1.95 bits per heavy atom. The van der Waals surface area contributed by atoms with Crippen LogP contribution in [0.3, 0.4) is 0 Å². The number of carbonyl (C=O) groups is 1. The molecule has 2 aromatic rings. The molecule has 2 N–H and O–H groups in total. The molecule has 0 radical (unpaired) electrons. The van der Waals surface area contributed by atoms with E-state index in [0.717, 1.165) is 6.42 Å². The minimum absolute atomic E-state index is 0.222. The zero-order valence-electron chi connectivity index (χ0n) is 11.6. The monoisotopic (exact) mass is 270 g/mol. The number of aromatic carboxylic acids is 1. The molecule has 0 bridgehead atoms.